The highest BCUT2D eigenvalue weighted by Crippen LogP contribution is 2.08. The highest BCUT2D eigenvalue weighted by atomic mass is 16.2. The predicted octanol–water partition coefficient (Wildman–Crippen LogP) is 0.292. The van der Waals surface area contributed by atoms with Crippen molar-refractivity contribution in [3.8, 4) is 0 Å². The second-order valence-electron chi connectivity index (χ2n) is 4.16. The van der Waals surface area contributed by atoms with Gasteiger partial charge < -0.3 is 11.5 Å². The molecule has 1 aromatic rings. The molecule has 4 N–H and O–H groups in total. The van der Waals surface area contributed by atoms with E-state index in [-0.39, 0.29) is 11.5 Å². The molecule has 1 aromatic heterocycles. The number of rotatable bonds is 5. The van der Waals surface area contributed by atoms with Crippen molar-refractivity contribution in [3.63, 3.8) is 0 Å². The van der Waals surface area contributed by atoms with E-state index < -0.39 is 11.2 Å². The number of nitrogens with two attached hydrogens (primary N) is 2. The lowest BCUT2D eigenvalue weighted by Crippen LogP contribution is -2.40. The minimum Gasteiger partial charge on any atom is -0.391 e. The van der Waals surface area contributed by atoms with Crippen LogP contribution in [0, 0.1) is 0 Å². The Morgan fingerprint density at radius 2 is 1.76 bits per heavy atom. The molecule has 0 bridgehead atoms. The van der Waals surface area contributed by atoms with Gasteiger partial charge >= 0.3 is 5.69 Å². The third kappa shape index (κ3) is 2.69. The summed E-state index contributed by atoms with van der Waals surface area (Å²) in [5.74, 6) is 0.0783. The second kappa shape index (κ2) is 5.56. The Labute approximate surface area is 99.8 Å². The predicted molar refractivity (Wildman–Crippen MR) is 68.9 cm³/mol. The first-order chi connectivity index (χ1) is 8.00. The van der Waals surface area contributed by atoms with Crippen molar-refractivity contribution in [3.05, 3.63) is 20.8 Å². The first kappa shape index (κ1) is 13.3. The van der Waals surface area contributed by atoms with E-state index in [0.29, 0.717) is 6.54 Å². The fraction of sp³-hybridized carbons (Fsp3) is 0.636. The maximum absolute atomic E-state index is 11.8. The highest BCUT2D eigenvalue weighted by Gasteiger charge is 2.11. The van der Waals surface area contributed by atoms with E-state index >= 15 is 0 Å². The maximum Gasteiger partial charge on any atom is 0.332 e. The zero-order chi connectivity index (χ0) is 13.0. The summed E-state index contributed by atoms with van der Waals surface area (Å²) in [5.41, 5.74) is 10.3. The van der Waals surface area contributed by atoms with Crippen molar-refractivity contribution in [1.82, 2.24) is 9.13 Å². The van der Waals surface area contributed by atoms with Gasteiger partial charge in [0.2, 0.25) is 0 Å². The summed E-state index contributed by atoms with van der Waals surface area (Å²) in [6.07, 6.45) is 4.14. The van der Waals surface area contributed by atoms with E-state index in [0.717, 1.165) is 30.3 Å². The Morgan fingerprint density at radius 3 is 2.35 bits per heavy atom. The molecule has 0 aromatic carbocycles. The molecule has 0 amide bonds. The first-order valence-corrected chi connectivity index (χ1v) is 5.85. The van der Waals surface area contributed by atoms with Gasteiger partial charge in [-0.25, -0.2) is 4.79 Å². The topological polar surface area (TPSA) is 96.0 Å². The summed E-state index contributed by atoms with van der Waals surface area (Å²) in [4.78, 5) is 23.3. The minimum atomic E-state index is -0.530. The molecule has 0 fully saturated rings. The number of unbranched alkanes of at least 4 members (excludes halogenated alkanes) is 3. The number of nitrogen functional groups attached to an aromatic ring is 2. The van der Waals surface area contributed by atoms with Crippen LogP contribution < -0.4 is 22.7 Å². The van der Waals surface area contributed by atoms with Crippen LogP contribution in [0.4, 0.5) is 11.5 Å². The average Bonchev–Trinajstić information content (AvgIpc) is 2.33. The summed E-state index contributed by atoms with van der Waals surface area (Å²) in [6.45, 7) is 2.62. The van der Waals surface area contributed by atoms with Gasteiger partial charge in [-0.2, -0.15) is 0 Å². The summed E-state index contributed by atoms with van der Waals surface area (Å²) >= 11 is 0. The number of nitrogens with zero attached hydrogens (tertiary/aromatic N) is 2. The third-order valence-corrected chi connectivity index (χ3v) is 2.85. The van der Waals surface area contributed by atoms with E-state index in [1.807, 2.05) is 0 Å². The van der Waals surface area contributed by atoms with E-state index in [4.69, 9.17) is 11.5 Å². The Balaban J connectivity index is 3.00. The van der Waals surface area contributed by atoms with Crippen LogP contribution >= 0.6 is 0 Å². The molecule has 6 heteroatoms. The molecular weight excluding hydrogens is 220 g/mol. The van der Waals surface area contributed by atoms with Gasteiger partial charge in [0.25, 0.3) is 5.56 Å². The van der Waals surface area contributed by atoms with E-state index in [1.54, 1.807) is 0 Å². The van der Waals surface area contributed by atoms with Crippen molar-refractivity contribution < 1.29 is 0 Å². The largest absolute Gasteiger partial charge is 0.391 e. The third-order valence-electron chi connectivity index (χ3n) is 2.85. The molecule has 0 saturated heterocycles. The van der Waals surface area contributed by atoms with Crippen LogP contribution in [0.15, 0.2) is 9.59 Å². The molecule has 0 saturated carbocycles. The lowest BCUT2D eigenvalue weighted by atomic mass is 10.2. The van der Waals surface area contributed by atoms with Gasteiger partial charge in [-0.3, -0.25) is 13.9 Å². The molecule has 1 heterocycles. The second-order valence-corrected chi connectivity index (χ2v) is 4.16. The molecule has 17 heavy (non-hydrogen) atoms. The van der Waals surface area contributed by atoms with Crippen molar-refractivity contribution in [2.24, 2.45) is 7.05 Å². The summed E-state index contributed by atoms with van der Waals surface area (Å²) < 4.78 is 2.36. The summed E-state index contributed by atoms with van der Waals surface area (Å²) in [7, 11) is 1.41. The van der Waals surface area contributed by atoms with Crippen LogP contribution in [0.5, 0.6) is 0 Å². The van der Waals surface area contributed by atoms with Crippen molar-refractivity contribution >= 4 is 11.5 Å². The Hall–Kier alpha value is -1.72. The monoisotopic (exact) mass is 240 g/mol. The highest BCUT2D eigenvalue weighted by molar-refractivity contribution is 5.56. The van der Waals surface area contributed by atoms with Crippen LogP contribution in [0.2, 0.25) is 0 Å². The average molecular weight is 240 g/mol. The van der Waals surface area contributed by atoms with Gasteiger partial charge in [0.1, 0.15) is 11.5 Å². The molecule has 0 spiro atoms. The van der Waals surface area contributed by atoms with Gasteiger partial charge in [-0.15, -0.1) is 0 Å². The molecule has 0 aliphatic rings. The molecule has 0 atom stereocenters. The number of anilines is 2. The Morgan fingerprint density at radius 1 is 1.12 bits per heavy atom. The molecular formula is C11H20N4O2. The maximum atomic E-state index is 11.8. The molecule has 96 valence electrons. The lowest BCUT2D eigenvalue weighted by Gasteiger charge is -2.12. The fourth-order valence-electron chi connectivity index (χ4n) is 1.72. The van der Waals surface area contributed by atoms with Gasteiger partial charge in [-0.1, -0.05) is 26.2 Å². The summed E-state index contributed by atoms with van der Waals surface area (Å²) in [6, 6.07) is 0. The van der Waals surface area contributed by atoms with Gasteiger partial charge in [-0.05, 0) is 6.42 Å². The lowest BCUT2D eigenvalue weighted by molar-refractivity contribution is 0.548. The quantitative estimate of drug-likeness (QED) is 0.723. The zero-order valence-corrected chi connectivity index (χ0v) is 10.4. The summed E-state index contributed by atoms with van der Waals surface area (Å²) in [5, 5.41) is 0. The van der Waals surface area contributed by atoms with Gasteiger partial charge in [0, 0.05) is 13.6 Å². The number of hydrogen-bond acceptors (Lipinski definition) is 4. The van der Waals surface area contributed by atoms with Crippen LogP contribution in [0.25, 0.3) is 0 Å². The van der Waals surface area contributed by atoms with Crippen LogP contribution in [-0.2, 0) is 13.6 Å². The van der Waals surface area contributed by atoms with Gasteiger partial charge in [0.05, 0.1) is 0 Å². The van der Waals surface area contributed by atoms with Gasteiger partial charge in [0.15, 0.2) is 0 Å². The molecule has 0 radical (unpaired) electrons. The normalized spacial score (nSPS) is 10.7. The van der Waals surface area contributed by atoms with Crippen LogP contribution in [0.3, 0.4) is 0 Å². The van der Waals surface area contributed by atoms with Crippen LogP contribution in [-0.4, -0.2) is 9.13 Å². The smallest absolute Gasteiger partial charge is 0.332 e. The number of hydrogen-bond donors (Lipinski definition) is 2. The fourth-order valence-corrected chi connectivity index (χ4v) is 1.72. The minimum absolute atomic E-state index is 0.0532. The van der Waals surface area contributed by atoms with E-state index in [2.05, 4.69) is 6.92 Å². The van der Waals surface area contributed by atoms with Crippen molar-refractivity contribution in [1.29, 1.82) is 0 Å². The van der Waals surface area contributed by atoms with E-state index in [1.165, 1.54) is 11.6 Å². The van der Waals surface area contributed by atoms with Crippen molar-refractivity contribution in [2.75, 3.05) is 11.5 Å². The molecule has 0 aliphatic heterocycles. The first-order valence-electron chi connectivity index (χ1n) is 5.85. The number of aromatic nitrogens is 2. The molecule has 6 nitrogen and oxygen atoms in total. The van der Waals surface area contributed by atoms with E-state index in [9.17, 15) is 9.59 Å². The molecule has 0 unspecified atom stereocenters. The zero-order valence-electron chi connectivity index (χ0n) is 10.4. The van der Waals surface area contributed by atoms with Crippen molar-refractivity contribution in [2.45, 2.75) is 39.2 Å². The standard InChI is InChI=1S/C11H20N4O2/c1-3-4-5-6-7-15-9(13)8(12)10(16)14(2)11(15)17/h3-7,12-13H2,1-2H3. The molecule has 1 rings (SSSR count). The van der Waals surface area contributed by atoms with Crippen LogP contribution in [0.1, 0.15) is 32.6 Å². The SMILES string of the molecule is CCCCCCn1c(N)c(N)c(=O)n(C)c1=O. The molecule has 0 aliphatic carbocycles. The Bertz CT molecular complexity index is 501. The Kier molecular flexibility index (Phi) is 4.37.